The molecule has 0 saturated heterocycles. The largest absolute Gasteiger partial charge is 0.480 e. The van der Waals surface area contributed by atoms with Crippen molar-refractivity contribution in [1.82, 2.24) is 0 Å². The third kappa shape index (κ3) is 1.52. The SMILES string of the molecule is COC(=O)C(C)(C(=O)O)C1C=CCC1. The van der Waals surface area contributed by atoms with E-state index in [0.717, 1.165) is 6.42 Å². The van der Waals surface area contributed by atoms with E-state index in [1.165, 1.54) is 14.0 Å². The Bertz CT molecular complexity index is 282. The minimum atomic E-state index is -1.44. The van der Waals surface area contributed by atoms with Crippen LogP contribution in [0.3, 0.4) is 0 Å². The monoisotopic (exact) mass is 198 g/mol. The summed E-state index contributed by atoms with van der Waals surface area (Å²) in [7, 11) is 1.21. The van der Waals surface area contributed by atoms with Gasteiger partial charge in [-0.05, 0) is 19.8 Å². The van der Waals surface area contributed by atoms with Crippen LogP contribution in [0.1, 0.15) is 19.8 Å². The number of carbonyl (C=O) groups excluding carboxylic acids is 1. The van der Waals surface area contributed by atoms with Gasteiger partial charge in [-0.25, -0.2) is 0 Å². The van der Waals surface area contributed by atoms with Crippen molar-refractivity contribution in [3.05, 3.63) is 12.2 Å². The van der Waals surface area contributed by atoms with Crippen molar-refractivity contribution >= 4 is 11.9 Å². The highest BCUT2D eigenvalue weighted by atomic mass is 16.5. The lowest BCUT2D eigenvalue weighted by Crippen LogP contribution is -2.42. The van der Waals surface area contributed by atoms with Crippen molar-refractivity contribution in [2.45, 2.75) is 19.8 Å². The molecular weight excluding hydrogens is 184 g/mol. The minimum Gasteiger partial charge on any atom is -0.480 e. The summed E-state index contributed by atoms with van der Waals surface area (Å²) in [5.74, 6) is -2.06. The molecule has 0 aliphatic heterocycles. The van der Waals surface area contributed by atoms with Crippen LogP contribution in [0.2, 0.25) is 0 Å². The van der Waals surface area contributed by atoms with Gasteiger partial charge in [-0.15, -0.1) is 0 Å². The number of carbonyl (C=O) groups is 2. The van der Waals surface area contributed by atoms with Crippen LogP contribution in [0.15, 0.2) is 12.2 Å². The Morgan fingerprint density at radius 2 is 2.21 bits per heavy atom. The zero-order chi connectivity index (χ0) is 10.8. The highest BCUT2D eigenvalue weighted by molar-refractivity contribution is 5.99. The maximum Gasteiger partial charge on any atom is 0.323 e. The third-order valence-electron chi connectivity index (χ3n) is 2.81. The van der Waals surface area contributed by atoms with Gasteiger partial charge in [0.15, 0.2) is 5.41 Å². The predicted molar refractivity (Wildman–Crippen MR) is 49.6 cm³/mol. The van der Waals surface area contributed by atoms with Gasteiger partial charge in [0, 0.05) is 5.92 Å². The van der Waals surface area contributed by atoms with Gasteiger partial charge in [0.25, 0.3) is 0 Å². The van der Waals surface area contributed by atoms with Gasteiger partial charge in [-0.3, -0.25) is 9.59 Å². The summed E-state index contributed by atoms with van der Waals surface area (Å²) >= 11 is 0. The van der Waals surface area contributed by atoms with Crippen LogP contribution in [0.5, 0.6) is 0 Å². The Balaban J connectivity index is 2.97. The van der Waals surface area contributed by atoms with E-state index >= 15 is 0 Å². The molecule has 0 radical (unpaired) electrons. The average molecular weight is 198 g/mol. The number of carboxylic acids is 1. The van der Waals surface area contributed by atoms with Crippen LogP contribution < -0.4 is 0 Å². The van der Waals surface area contributed by atoms with Crippen LogP contribution >= 0.6 is 0 Å². The fourth-order valence-corrected chi connectivity index (χ4v) is 1.72. The third-order valence-corrected chi connectivity index (χ3v) is 2.81. The first-order valence-electron chi connectivity index (χ1n) is 4.52. The van der Waals surface area contributed by atoms with Crippen LogP contribution in [-0.4, -0.2) is 24.2 Å². The molecule has 0 saturated carbocycles. The van der Waals surface area contributed by atoms with Crippen molar-refractivity contribution in [2.75, 3.05) is 7.11 Å². The van der Waals surface area contributed by atoms with Crippen molar-refractivity contribution < 1.29 is 19.4 Å². The number of aliphatic carboxylic acids is 1. The lowest BCUT2D eigenvalue weighted by Gasteiger charge is -2.26. The molecule has 14 heavy (non-hydrogen) atoms. The molecule has 0 amide bonds. The maximum atomic E-state index is 11.4. The molecular formula is C10H14O4. The van der Waals surface area contributed by atoms with Crippen molar-refractivity contribution in [1.29, 1.82) is 0 Å². The fourth-order valence-electron chi connectivity index (χ4n) is 1.72. The number of esters is 1. The first-order chi connectivity index (χ1) is 6.53. The molecule has 0 heterocycles. The topological polar surface area (TPSA) is 63.6 Å². The van der Waals surface area contributed by atoms with E-state index in [2.05, 4.69) is 4.74 Å². The average Bonchev–Trinajstić information content (AvgIpc) is 2.68. The normalized spacial score (nSPS) is 24.3. The van der Waals surface area contributed by atoms with Crippen LogP contribution in [0.25, 0.3) is 0 Å². The summed E-state index contributed by atoms with van der Waals surface area (Å²) in [6.45, 7) is 1.42. The van der Waals surface area contributed by atoms with Crippen molar-refractivity contribution in [3.63, 3.8) is 0 Å². The van der Waals surface area contributed by atoms with E-state index in [0.29, 0.717) is 6.42 Å². The van der Waals surface area contributed by atoms with Gasteiger partial charge in [-0.1, -0.05) is 12.2 Å². The summed E-state index contributed by atoms with van der Waals surface area (Å²) < 4.78 is 4.54. The Morgan fingerprint density at radius 1 is 1.57 bits per heavy atom. The molecule has 2 atom stereocenters. The highest BCUT2D eigenvalue weighted by Gasteiger charge is 2.48. The van der Waals surface area contributed by atoms with Gasteiger partial charge >= 0.3 is 11.9 Å². The molecule has 4 heteroatoms. The lowest BCUT2D eigenvalue weighted by molar-refractivity contribution is -0.168. The van der Waals surface area contributed by atoms with Gasteiger partial charge in [0.05, 0.1) is 7.11 Å². The Kier molecular flexibility index (Phi) is 2.93. The predicted octanol–water partition coefficient (Wildman–Crippen LogP) is 1.22. The second kappa shape index (κ2) is 3.82. The molecule has 1 N–H and O–H groups in total. The Hall–Kier alpha value is -1.32. The zero-order valence-corrected chi connectivity index (χ0v) is 8.32. The van der Waals surface area contributed by atoms with Crippen molar-refractivity contribution in [2.24, 2.45) is 11.3 Å². The molecule has 0 aromatic rings. The number of hydrogen-bond donors (Lipinski definition) is 1. The van der Waals surface area contributed by atoms with Crippen LogP contribution in [0, 0.1) is 11.3 Å². The van der Waals surface area contributed by atoms with Gasteiger partial charge in [-0.2, -0.15) is 0 Å². The number of allylic oxidation sites excluding steroid dienone is 2. The van der Waals surface area contributed by atoms with Crippen molar-refractivity contribution in [3.8, 4) is 0 Å². The second-order valence-electron chi connectivity index (χ2n) is 3.61. The molecule has 1 aliphatic rings. The zero-order valence-electron chi connectivity index (χ0n) is 8.32. The Labute approximate surface area is 82.6 Å². The molecule has 0 spiro atoms. The van der Waals surface area contributed by atoms with E-state index in [-0.39, 0.29) is 5.92 Å². The first-order valence-corrected chi connectivity index (χ1v) is 4.52. The van der Waals surface area contributed by atoms with E-state index in [9.17, 15) is 9.59 Å². The molecule has 0 fully saturated rings. The van der Waals surface area contributed by atoms with Crippen LogP contribution in [0.4, 0.5) is 0 Å². The molecule has 2 unspecified atom stereocenters. The number of methoxy groups -OCH3 is 1. The van der Waals surface area contributed by atoms with E-state index in [1.54, 1.807) is 6.08 Å². The number of rotatable bonds is 3. The lowest BCUT2D eigenvalue weighted by atomic mass is 9.76. The molecule has 78 valence electrons. The quantitative estimate of drug-likeness (QED) is 0.420. The highest BCUT2D eigenvalue weighted by Crippen LogP contribution is 2.37. The van der Waals surface area contributed by atoms with Gasteiger partial charge in [0.2, 0.25) is 0 Å². The summed E-state index contributed by atoms with van der Waals surface area (Å²) in [5, 5.41) is 9.06. The van der Waals surface area contributed by atoms with E-state index in [1.807, 2.05) is 6.08 Å². The molecule has 0 aromatic heterocycles. The summed E-state index contributed by atoms with van der Waals surface area (Å²) in [5.41, 5.74) is -1.44. The smallest absolute Gasteiger partial charge is 0.323 e. The number of hydrogen-bond acceptors (Lipinski definition) is 3. The first kappa shape index (κ1) is 10.8. The molecule has 1 aliphatic carbocycles. The summed E-state index contributed by atoms with van der Waals surface area (Å²) in [6, 6.07) is 0. The minimum absolute atomic E-state index is 0.257. The molecule has 0 aromatic carbocycles. The van der Waals surface area contributed by atoms with Gasteiger partial charge < -0.3 is 9.84 Å². The summed E-state index contributed by atoms with van der Waals surface area (Å²) in [6.07, 6.45) is 5.20. The van der Waals surface area contributed by atoms with Gasteiger partial charge in [0.1, 0.15) is 0 Å². The maximum absolute atomic E-state index is 11.4. The second-order valence-corrected chi connectivity index (χ2v) is 3.61. The molecule has 0 bridgehead atoms. The van der Waals surface area contributed by atoms with E-state index < -0.39 is 17.4 Å². The van der Waals surface area contributed by atoms with Crippen LogP contribution in [-0.2, 0) is 14.3 Å². The number of carboxylic acid groups (broad SMARTS) is 1. The molecule has 4 nitrogen and oxygen atoms in total. The molecule has 1 rings (SSSR count). The standard InChI is InChI=1S/C10H14O4/c1-10(8(11)12,9(13)14-2)7-5-3-4-6-7/h3,5,7H,4,6H2,1-2H3,(H,11,12). The number of ether oxygens (including phenoxy) is 1. The fraction of sp³-hybridized carbons (Fsp3) is 0.600. The van der Waals surface area contributed by atoms with E-state index in [4.69, 9.17) is 5.11 Å². The Morgan fingerprint density at radius 3 is 2.57 bits per heavy atom. The summed E-state index contributed by atoms with van der Waals surface area (Å²) in [4.78, 5) is 22.5.